The molecule has 0 bridgehead atoms. The molecule has 5 heteroatoms. The molecule has 1 atom stereocenters. The van der Waals surface area contributed by atoms with E-state index in [1.165, 1.54) is 0 Å². The molecule has 0 spiro atoms. The van der Waals surface area contributed by atoms with Gasteiger partial charge in [-0.05, 0) is 39.5 Å². The number of amides is 1. The summed E-state index contributed by atoms with van der Waals surface area (Å²) in [7, 11) is 0. The normalized spacial score (nSPS) is 20.2. The van der Waals surface area contributed by atoms with Crippen molar-refractivity contribution in [3.63, 3.8) is 0 Å². The van der Waals surface area contributed by atoms with Crippen LogP contribution in [-0.2, 0) is 9.59 Å². The van der Waals surface area contributed by atoms with Crippen LogP contribution in [0.25, 0.3) is 0 Å². The summed E-state index contributed by atoms with van der Waals surface area (Å²) in [4.78, 5) is 24.3. The van der Waals surface area contributed by atoms with Crippen LogP contribution in [0.2, 0.25) is 0 Å². The second-order valence-electron chi connectivity index (χ2n) is 6.03. The van der Waals surface area contributed by atoms with Crippen molar-refractivity contribution < 1.29 is 14.7 Å². The van der Waals surface area contributed by atoms with Crippen molar-refractivity contribution in [2.45, 2.75) is 45.6 Å². The van der Waals surface area contributed by atoms with E-state index >= 15 is 0 Å². The highest BCUT2D eigenvalue weighted by Crippen LogP contribution is 2.20. The van der Waals surface area contributed by atoms with Gasteiger partial charge in [-0.15, -0.1) is 0 Å². The van der Waals surface area contributed by atoms with Crippen molar-refractivity contribution in [3.05, 3.63) is 0 Å². The largest absolute Gasteiger partial charge is 0.481 e. The average Bonchev–Trinajstić information content (AvgIpc) is 2.70. The Labute approximate surface area is 109 Å². The summed E-state index contributed by atoms with van der Waals surface area (Å²) in [5, 5.41) is 11.8. The lowest BCUT2D eigenvalue weighted by Crippen LogP contribution is -2.44. The molecular weight excluding hydrogens is 232 g/mol. The maximum Gasteiger partial charge on any atom is 0.303 e. The Morgan fingerprint density at radius 3 is 2.61 bits per heavy atom. The molecule has 0 aromatic rings. The first-order valence-electron chi connectivity index (χ1n) is 6.52. The van der Waals surface area contributed by atoms with Gasteiger partial charge < -0.3 is 15.3 Å². The Hall–Kier alpha value is -1.10. The Morgan fingerprint density at radius 2 is 2.06 bits per heavy atom. The van der Waals surface area contributed by atoms with Crippen LogP contribution in [0.1, 0.15) is 40.0 Å². The van der Waals surface area contributed by atoms with Gasteiger partial charge in [-0.25, -0.2) is 0 Å². The number of carboxylic acids is 1. The van der Waals surface area contributed by atoms with Crippen LogP contribution in [-0.4, -0.2) is 47.1 Å². The second-order valence-corrected chi connectivity index (χ2v) is 6.03. The first-order chi connectivity index (χ1) is 8.28. The van der Waals surface area contributed by atoms with Gasteiger partial charge in [-0.2, -0.15) is 0 Å². The predicted molar refractivity (Wildman–Crippen MR) is 69.3 cm³/mol. The zero-order valence-corrected chi connectivity index (χ0v) is 11.5. The third kappa shape index (κ3) is 5.49. The lowest BCUT2D eigenvalue weighted by atomic mass is 10.0. The van der Waals surface area contributed by atoms with Crippen molar-refractivity contribution in [3.8, 4) is 0 Å². The van der Waals surface area contributed by atoms with E-state index in [2.05, 4.69) is 5.32 Å². The van der Waals surface area contributed by atoms with Crippen molar-refractivity contribution in [2.24, 2.45) is 5.92 Å². The third-order valence-electron chi connectivity index (χ3n) is 3.17. The van der Waals surface area contributed by atoms with E-state index in [0.717, 1.165) is 13.0 Å². The van der Waals surface area contributed by atoms with Crippen LogP contribution in [0.3, 0.4) is 0 Å². The predicted octanol–water partition coefficient (Wildman–Crippen LogP) is 1.09. The van der Waals surface area contributed by atoms with E-state index < -0.39 is 5.97 Å². The number of hydrogen-bond donors (Lipinski definition) is 2. The van der Waals surface area contributed by atoms with Crippen molar-refractivity contribution in [1.82, 2.24) is 10.2 Å². The Kier molecular flexibility index (Phi) is 5.14. The SMILES string of the molecule is CC(C)(C)NCC(=O)N1CCC(CCC(=O)O)C1. The van der Waals surface area contributed by atoms with Gasteiger partial charge in [0.05, 0.1) is 6.54 Å². The number of rotatable bonds is 5. The maximum atomic E-state index is 11.9. The number of nitrogens with zero attached hydrogens (tertiary/aromatic N) is 1. The zero-order chi connectivity index (χ0) is 13.8. The summed E-state index contributed by atoms with van der Waals surface area (Å²) >= 11 is 0. The number of carbonyl (C=O) groups is 2. The first-order valence-corrected chi connectivity index (χ1v) is 6.52. The number of carboxylic acid groups (broad SMARTS) is 1. The number of hydrogen-bond acceptors (Lipinski definition) is 3. The molecule has 1 unspecified atom stereocenters. The lowest BCUT2D eigenvalue weighted by Gasteiger charge is -2.23. The molecule has 0 aliphatic carbocycles. The number of likely N-dealkylation sites (tertiary alicyclic amines) is 1. The summed E-state index contributed by atoms with van der Waals surface area (Å²) in [6, 6.07) is 0. The summed E-state index contributed by atoms with van der Waals surface area (Å²) in [6.07, 6.45) is 1.80. The quantitative estimate of drug-likeness (QED) is 0.772. The van der Waals surface area contributed by atoms with Gasteiger partial charge >= 0.3 is 5.97 Å². The maximum absolute atomic E-state index is 11.9. The molecule has 5 nitrogen and oxygen atoms in total. The van der Waals surface area contributed by atoms with E-state index in [1.54, 1.807) is 0 Å². The summed E-state index contributed by atoms with van der Waals surface area (Å²) < 4.78 is 0. The monoisotopic (exact) mass is 256 g/mol. The number of nitrogens with one attached hydrogen (secondary N) is 1. The second kappa shape index (κ2) is 6.18. The molecule has 1 amide bonds. The summed E-state index contributed by atoms with van der Waals surface area (Å²) in [5.41, 5.74) is -0.0574. The van der Waals surface area contributed by atoms with Gasteiger partial charge in [0.2, 0.25) is 5.91 Å². The molecule has 1 aliphatic rings. The summed E-state index contributed by atoms with van der Waals surface area (Å²) in [6.45, 7) is 7.90. The molecule has 2 N–H and O–H groups in total. The fraction of sp³-hybridized carbons (Fsp3) is 0.846. The van der Waals surface area contributed by atoms with E-state index in [0.29, 0.717) is 25.4 Å². The molecule has 0 radical (unpaired) electrons. The molecule has 0 aromatic carbocycles. The van der Waals surface area contributed by atoms with Crippen LogP contribution in [0.4, 0.5) is 0 Å². The highest BCUT2D eigenvalue weighted by molar-refractivity contribution is 5.78. The van der Waals surface area contributed by atoms with E-state index in [-0.39, 0.29) is 17.9 Å². The van der Waals surface area contributed by atoms with E-state index in [1.807, 2.05) is 25.7 Å². The molecule has 1 fully saturated rings. The van der Waals surface area contributed by atoms with Crippen LogP contribution < -0.4 is 5.32 Å². The topological polar surface area (TPSA) is 69.6 Å². The first kappa shape index (κ1) is 15.0. The number of carbonyl (C=O) groups excluding carboxylic acids is 1. The highest BCUT2D eigenvalue weighted by atomic mass is 16.4. The lowest BCUT2D eigenvalue weighted by molar-refractivity contribution is -0.137. The van der Waals surface area contributed by atoms with Gasteiger partial charge in [-0.3, -0.25) is 9.59 Å². The molecule has 1 heterocycles. The zero-order valence-electron chi connectivity index (χ0n) is 11.5. The molecule has 0 saturated carbocycles. The van der Waals surface area contributed by atoms with Crippen LogP contribution in [0, 0.1) is 5.92 Å². The molecule has 1 aliphatic heterocycles. The summed E-state index contributed by atoms with van der Waals surface area (Å²) in [5.74, 6) is -0.295. The minimum atomic E-state index is -0.755. The Balaban J connectivity index is 2.28. The van der Waals surface area contributed by atoms with Crippen molar-refractivity contribution in [2.75, 3.05) is 19.6 Å². The fourth-order valence-corrected chi connectivity index (χ4v) is 2.07. The van der Waals surface area contributed by atoms with Crippen LogP contribution >= 0.6 is 0 Å². The molecule has 0 aromatic heterocycles. The van der Waals surface area contributed by atoms with Gasteiger partial charge in [-0.1, -0.05) is 0 Å². The van der Waals surface area contributed by atoms with Gasteiger partial charge in [0.15, 0.2) is 0 Å². The third-order valence-corrected chi connectivity index (χ3v) is 3.17. The van der Waals surface area contributed by atoms with Gasteiger partial charge in [0.1, 0.15) is 0 Å². The molecular formula is C13H24N2O3. The standard InChI is InChI=1S/C13H24N2O3/c1-13(2,3)14-8-11(16)15-7-6-10(9-15)4-5-12(17)18/h10,14H,4-9H2,1-3H3,(H,17,18). The highest BCUT2D eigenvalue weighted by Gasteiger charge is 2.26. The average molecular weight is 256 g/mol. The minimum absolute atomic E-state index is 0.0574. The smallest absolute Gasteiger partial charge is 0.303 e. The fourth-order valence-electron chi connectivity index (χ4n) is 2.07. The van der Waals surface area contributed by atoms with E-state index in [4.69, 9.17) is 5.11 Å². The van der Waals surface area contributed by atoms with Crippen LogP contribution in [0.15, 0.2) is 0 Å². The van der Waals surface area contributed by atoms with Gasteiger partial charge in [0.25, 0.3) is 0 Å². The molecule has 18 heavy (non-hydrogen) atoms. The molecule has 104 valence electrons. The Morgan fingerprint density at radius 1 is 1.39 bits per heavy atom. The molecule has 1 rings (SSSR count). The van der Waals surface area contributed by atoms with Crippen molar-refractivity contribution in [1.29, 1.82) is 0 Å². The van der Waals surface area contributed by atoms with Gasteiger partial charge in [0, 0.05) is 25.0 Å². The minimum Gasteiger partial charge on any atom is -0.481 e. The molecule has 1 saturated heterocycles. The van der Waals surface area contributed by atoms with Crippen LogP contribution in [0.5, 0.6) is 0 Å². The number of aliphatic carboxylic acids is 1. The van der Waals surface area contributed by atoms with E-state index in [9.17, 15) is 9.59 Å². The van der Waals surface area contributed by atoms with Crippen molar-refractivity contribution >= 4 is 11.9 Å². The Bertz CT molecular complexity index is 310.